The molecule has 0 atom stereocenters. The highest BCUT2D eigenvalue weighted by molar-refractivity contribution is 6.30. The molecule has 0 saturated heterocycles. The number of rotatable bonds is 6. The zero-order valence-corrected chi connectivity index (χ0v) is 22.1. The van der Waals surface area contributed by atoms with Crippen LogP contribution >= 0.6 is 11.6 Å². The van der Waals surface area contributed by atoms with Gasteiger partial charge in [0.25, 0.3) is 5.91 Å². The largest absolute Gasteiger partial charge is 0.346 e. The van der Waals surface area contributed by atoms with Crippen LogP contribution in [0.25, 0.3) is 11.0 Å². The monoisotopic (exact) mass is 488 g/mol. The van der Waals surface area contributed by atoms with Gasteiger partial charge in [0.15, 0.2) is 0 Å². The van der Waals surface area contributed by atoms with Gasteiger partial charge >= 0.3 is 0 Å². The number of benzene rings is 2. The maximum absolute atomic E-state index is 13.8. The molecule has 0 bridgehead atoms. The van der Waals surface area contributed by atoms with E-state index in [0.717, 1.165) is 39.2 Å². The molecule has 2 heterocycles. The number of nitrogens with one attached hydrogen (secondary N) is 1. The molecular weight excluding hydrogens is 456 g/mol. The minimum Gasteiger partial charge on any atom is -0.346 e. The first-order valence-corrected chi connectivity index (χ1v) is 12.4. The standard InChI is InChI=1S/C29H33ClN4O/c1-18(2)26-31-19(3)24-23(16-20-10-8-7-9-11-20)25(28(35)33-29(4,5)6)34(27(24)32-26)17-21-12-14-22(30)15-13-21/h7-15,18H,16-17H2,1-6H3,(H,33,35). The zero-order chi connectivity index (χ0) is 25.3. The van der Waals surface area contributed by atoms with E-state index >= 15 is 0 Å². The number of hydrogen-bond donors (Lipinski definition) is 1. The molecule has 0 spiro atoms. The molecule has 2 aromatic heterocycles. The van der Waals surface area contributed by atoms with E-state index in [2.05, 4.69) is 35.9 Å². The van der Waals surface area contributed by atoms with E-state index in [1.165, 1.54) is 0 Å². The number of carbonyl (C=O) groups excluding carboxylic acids is 1. The molecule has 0 saturated carbocycles. The van der Waals surface area contributed by atoms with Crippen molar-refractivity contribution >= 4 is 28.5 Å². The number of aromatic nitrogens is 3. The highest BCUT2D eigenvalue weighted by atomic mass is 35.5. The van der Waals surface area contributed by atoms with Crippen LogP contribution in [0.5, 0.6) is 0 Å². The van der Waals surface area contributed by atoms with E-state index in [-0.39, 0.29) is 17.4 Å². The summed E-state index contributed by atoms with van der Waals surface area (Å²) in [7, 11) is 0. The van der Waals surface area contributed by atoms with Crippen LogP contribution in [-0.4, -0.2) is 26.0 Å². The number of halogens is 1. The Morgan fingerprint density at radius 2 is 1.66 bits per heavy atom. The van der Waals surface area contributed by atoms with Crippen LogP contribution in [0.15, 0.2) is 54.6 Å². The number of aryl methyl sites for hydroxylation is 1. The quantitative estimate of drug-likeness (QED) is 0.329. The third kappa shape index (κ3) is 5.57. The molecule has 2 aromatic carbocycles. The Balaban J connectivity index is 2.02. The van der Waals surface area contributed by atoms with Gasteiger partial charge in [0.05, 0.1) is 5.69 Å². The molecule has 1 N–H and O–H groups in total. The van der Waals surface area contributed by atoms with E-state index in [1.807, 2.05) is 70.2 Å². The Labute approximate surface area is 212 Å². The average molecular weight is 489 g/mol. The number of amides is 1. The molecule has 4 rings (SSSR count). The first-order chi connectivity index (χ1) is 16.5. The molecule has 0 aliphatic rings. The van der Waals surface area contributed by atoms with Gasteiger partial charge in [0.1, 0.15) is 17.2 Å². The van der Waals surface area contributed by atoms with Gasteiger partial charge in [-0.15, -0.1) is 0 Å². The van der Waals surface area contributed by atoms with Crippen LogP contribution < -0.4 is 5.32 Å². The van der Waals surface area contributed by atoms with Crippen molar-refractivity contribution < 1.29 is 4.79 Å². The van der Waals surface area contributed by atoms with Crippen molar-refractivity contribution in [2.75, 3.05) is 0 Å². The Bertz CT molecular complexity index is 1350. The Morgan fingerprint density at radius 1 is 1.00 bits per heavy atom. The molecular formula is C29H33ClN4O. The van der Waals surface area contributed by atoms with Crippen LogP contribution in [0, 0.1) is 6.92 Å². The Kier molecular flexibility index (Phi) is 7.00. The third-order valence-electron chi connectivity index (χ3n) is 5.90. The highest BCUT2D eigenvalue weighted by Gasteiger charge is 2.28. The van der Waals surface area contributed by atoms with Gasteiger partial charge in [-0.25, -0.2) is 9.97 Å². The van der Waals surface area contributed by atoms with Crippen LogP contribution in [0.3, 0.4) is 0 Å². The first kappa shape index (κ1) is 24.9. The Morgan fingerprint density at radius 3 is 2.26 bits per heavy atom. The van der Waals surface area contributed by atoms with E-state index in [0.29, 0.717) is 23.7 Å². The molecule has 0 fully saturated rings. The summed E-state index contributed by atoms with van der Waals surface area (Å²) in [5, 5.41) is 4.82. The number of fused-ring (bicyclic) bond motifs is 1. The summed E-state index contributed by atoms with van der Waals surface area (Å²) in [4.78, 5) is 23.7. The normalized spacial score (nSPS) is 11.9. The lowest BCUT2D eigenvalue weighted by atomic mass is 10.0. The van der Waals surface area contributed by atoms with E-state index in [9.17, 15) is 4.79 Å². The lowest BCUT2D eigenvalue weighted by Gasteiger charge is -2.22. The molecule has 0 radical (unpaired) electrons. The van der Waals surface area contributed by atoms with Crippen molar-refractivity contribution in [3.63, 3.8) is 0 Å². The molecule has 6 heteroatoms. The summed E-state index contributed by atoms with van der Waals surface area (Å²) in [5.41, 5.74) is 5.07. The molecule has 5 nitrogen and oxygen atoms in total. The van der Waals surface area contributed by atoms with Crippen molar-refractivity contribution in [1.29, 1.82) is 0 Å². The van der Waals surface area contributed by atoms with Crippen LogP contribution in [0.2, 0.25) is 5.02 Å². The van der Waals surface area contributed by atoms with Crippen molar-refractivity contribution in [2.45, 2.75) is 66.0 Å². The average Bonchev–Trinajstić information content (AvgIpc) is 3.08. The van der Waals surface area contributed by atoms with Crippen molar-refractivity contribution in [1.82, 2.24) is 19.9 Å². The number of hydrogen-bond acceptors (Lipinski definition) is 3. The summed E-state index contributed by atoms with van der Waals surface area (Å²) in [6, 6.07) is 18.0. The maximum atomic E-state index is 13.8. The van der Waals surface area contributed by atoms with E-state index in [4.69, 9.17) is 21.6 Å². The summed E-state index contributed by atoms with van der Waals surface area (Å²) in [6.45, 7) is 12.7. The van der Waals surface area contributed by atoms with Gasteiger partial charge in [-0.3, -0.25) is 4.79 Å². The lowest BCUT2D eigenvalue weighted by Crippen LogP contribution is -2.41. The molecule has 4 aromatic rings. The molecule has 182 valence electrons. The van der Waals surface area contributed by atoms with E-state index in [1.54, 1.807) is 0 Å². The van der Waals surface area contributed by atoms with Crippen molar-refractivity contribution in [3.05, 3.63) is 93.5 Å². The summed E-state index contributed by atoms with van der Waals surface area (Å²) in [5.74, 6) is 0.834. The second-order valence-corrected chi connectivity index (χ2v) is 10.9. The maximum Gasteiger partial charge on any atom is 0.268 e. The smallest absolute Gasteiger partial charge is 0.268 e. The third-order valence-corrected chi connectivity index (χ3v) is 6.15. The topological polar surface area (TPSA) is 59.8 Å². The molecule has 0 unspecified atom stereocenters. The first-order valence-electron chi connectivity index (χ1n) is 12.0. The zero-order valence-electron chi connectivity index (χ0n) is 21.3. The lowest BCUT2D eigenvalue weighted by molar-refractivity contribution is 0.0910. The SMILES string of the molecule is Cc1nc(C(C)C)nc2c1c(Cc1ccccc1)c(C(=O)NC(C)(C)C)n2Cc1ccc(Cl)cc1. The van der Waals surface area contributed by atoms with Crippen LogP contribution in [-0.2, 0) is 13.0 Å². The predicted molar refractivity (Wildman–Crippen MR) is 143 cm³/mol. The fourth-order valence-electron chi connectivity index (χ4n) is 4.33. The minimum atomic E-state index is -0.382. The van der Waals surface area contributed by atoms with Gasteiger partial charge in [0.2, 0.25) is 0 Å². The minimum absolute atomic E-state index is 0.110. The van der Waals surface area contributed by atoms with Gasteiger partial charge in [-0.1, -0.05) is 67.9 Å². The van der Waals surface area contributed by atoms with Crippen molar-refractivity contribution in [3.8, 4) is 0 Å². The van der Waals surface area contributed by atoms with Crippen LogP contribution in [0.4, 0.5) is 0 Å². The van der Waals surface area contributed by atoms with E-state index < -0.39 is 0 Å². The van der Waals surface area contributed by atoms with Crippen molar-refractivity contribution in [2.24, 2.45) is 0 Å². The fraction of sp³-hybridized carbons (Fsp3) is 0.345. The molecule has 0 aliphatic carbocycles. The number of nitrogens with zero attached hydrogens (tertiary/aromatic N) is 3. The van der Waals surface area contributed by atoms with Gasteiger partial charge in [-0.05, 0) is 56.5 Å². The fourth-order valence-corrected chi connectivity index (χ4v) is 4.46. The molecule has 1 amide bonds. The van der Waals surface area contributed by atoms with Crippen LogP contribution in [0.1, 0.15) is 79.2 Å². The predicted octanol–water partition coefficient (Wildman–Crippen LogP) is 6.68. The Hall–Kier alpha value is -3.18. The summed E-state index contributed by atoms with van der Waals surface area (Å²) >= 11 is 6.14. The van der Waals surface area contributed by atoms with Gasteiger partial charge in [-0.2, -0.15) is 0 Å². The second kappa shape index (κ2) is 9.82. The summed E-state index contributed by atoms with van der Waals surface area (Å²) in [6.07, 6.45) is 0.614. The number of carbonyl (C=O) groups is 1. The van der Waals surface area contributed by atoms with Gasteiger partial charge in [0, 0.05) is 34.8 Å². The molecule has 35 heavy (non-hydrogen) atoms. The highest BCUT2D eigenvalue weighted by Crippen LogP contribution is 2.32. The summed E-state index contributed by atoms with van der Waals surface area (Å²) < 4.78 is 2.05. The van der Waals surface area contributed by atoms with Gasteiger partial charge < -0.3 is 9.88 Å². The molecule has 0 aliphatic heterocycles. The second-order valence-electron chi connectivity index (χ2n) is 10.4.